The molecule has 5 nitrogen and oxygen atoms in total. The minimum Gasteiger partial charge on any atom is -0.497 e. The van der Waals surface area contributed by atoms with Gasteiger partial charge in [0.2, 0.25) is 5.82 Å². The molecule has 1 heterocycles. The van der Waals surface area contributed by atoms with Crippen molar-refractivity contribution in [2.24, 2.45) is 0 Å². The van der Waals surface area contributed by atoms with Gasteiger partial charge >= 0.3 is 0 Å². The van der Waals surface area contributed by atoms with Crippen molar-refractivity contribution in [1.29, 1.82) is 0 Å². The predicted molar refractivity (Wildman–Crippen MR) is 102 cm³/mol. The average Bonchev–Trinajstić information content (AvgIpc) is 3.25. The topological polar surface area (TPSA) is 57.4 Å². The molecule has 1 aromatic heterocycles. The fourth-order valence-corrected chi connectivity index (χ4v) is 2.71. The molecule has 4 aromatic rings. The molecule has 7 heteroatoms. The van der Waals surface area contributed by atoms with Crippen LogP contribution in [0.3, 0.4) is 0 Å². The molecular formula is C22H16F2N2O3. The van der Waals surface area contributed by atoms with Crippen molar-refractivity contribution in [3.8, 4) is 34.3 Å². The Hall–Kier alpha value is -3.74. The standard InChI is InChI=1S/C22H16F2N2O3/c1-27-18-7-4-15(5-8-18)22-25-21(26-29-22)14-2-9-19(10-3-14)28-13-16-12-17(23)6-11-20(16)24/h2-12H,13H2,1H3. The number of ether oxygens (including phenoxy) is 2. The van der Waals surface area contributed by atoms with Crippen molar-refractivity contribution < 1.29 is 22.8 Å². The predicted octanol–water partition coefficient (Wildman–Crippen LogP) is 5.27. The fraction of sp³-hybridized carbons (Fsp3) is 0.0909. The van der Waals surface area contributed by atoms with E-state index in [1.807, 2.05) is 24.3 Å². The summed E-state index contributed by atoms with van der Waals surface area (Å²) in [5, 5.41) is 4.00. The summed E-state index contributed by atoms with van der Waals surface area (Å²) in [4.78, 5) is 4.40. The van der Waals surface area contributed by atoms with Crippen molar-refractivity contribution in [3.05, 3.63) is 83.9 Å². The van der Waals surface area contributed by atoms with E-state index in [1.165, 1.54) is 0 Å². The molecule has 0 atom stereocenters. The van der Waals surface area contributed by atoms with Crippen LogP contribution < -0.4 is 9.47 Å². The van der Waals surface area contributed by atoms with Crippen LogP contribution in [0, 0.1) is 11.6 Å². The Bertz CT molecular complexity index is 1110. The van der Waals surface area contributed by atoms with Crippen LogP contribution in [0.25, 0.3) is 22.8 Å². The molecule has 0 bridgehead atoms. The van der Waals surface area contributed by atoms with Gasteiger partial charge in [-0.2, -0.15) is 4.98 Å². The summed E-state index contributed by atoms with van der Waals surface area (Å²) >= 11 is 0. The third-order valence-electron chi connectivity index (χ3n) is 4.28. The molecular weight excluding hydrogens is 378 g/mol. The van der Waals surface area contributed by atoms with Gasteiger partial charge in [0.15, 0.2) is 0 Å². The lowest BCUT2D eigenvalue weighted by atomic mass is 10.2. The molecule has 0 radical (unpaired) electrons. The maximum absolute atomic E-state index is 13.7. The van der Waals surface area contributed by atoms with Gasteiger partial charge in [-0.05, 0) is 66.7 Å². The second kappa shape index (κ2) is 8.10. The molecule has 0 fully saturated rings. The Balaban J connectivity index is 1.45. The van der Waals surface area contributed by atoms with Gasteiger partial charge in [0.05, 0.1) is 7.11 Å². The summed E-state index contributed by atoms with van der Waals surface area (Å²) in [6, 6.07) is 17.5. The van der Waals surface area contributed by atoms with Crippen LogP contribution in [0.4, 0.5) is 8.78 Å². The molecule has 0 unspecified atom stereocenters. The molecule has 0 aliphatic heterocycles. The number of aromatic nitrogens is 2. The second-order valence-electron chi connectivity index (χ2n) is 6.20. The molecule has 0 aliphatic rings. The molecule has 0 amide bonds. The summed E-state index contributed by atoms with van der Waals surface area (Å²) in [7, 11) is 1.60. The lowest BCUT2D eigenvalue weighted by molar-refractivity contribution is 0.299. The number of rotatable bonds is 6. The second-order valence-corrected chi connectivity index (χ2v) is 6.20. The van der Waals surface area contributed by atoms with Crippen LogP contribution in [0.1, 0.15) is 5.56 Å². The molecule has 0 saturated carbocycles. The summed E-state index contributed by atoms with van der Waals surface area (Å²) in [5.74, 6) is 1.05. The third kappa shape index (κ3) is 4.24. The maximum atomic E-state index is 13.7. The number of benzene rings is 3. The van der Waals surface area contributed by atoms with Crippen molar-refractivity contribution in [2.45, 2.75) is 6.61 Å². The van der Waals surface area contributed by atoms with Gasteiger partial charge in [-0.15, -0.1) is 0 Å². The van der Waals surface area contributed by atoms with Crippen LogP contribution in [0.5, 0.6) is 11.5 Å². The highest BCUT2D eigenvalue weighted by Gasteiger charge is 2.11. The zero-order valence-electron chi connectivity index (χ0n) is 15.4. The number of nitrogens with zero attached hydrogens (tertiary/aromatic N) is 2. The SMILES string of the molecule is COc1ccc(-c2nc(-c3ccc(OCc4cc(F)ccc4F)cc3)no2)cc1. The van der Waals surface area contributed by atoms with Gasteiger partial charge in [0, 0.05) is 16.7 Å². The molecule has 0 saturated heterocycles. The Morgan fingerprint density at radius 2 is 1.55 bits per heavy atom. The Morgan fingerprint density at radius 3 is 2.28 bits per heavy atom. The first-order valence-electron chi connectivity index (χ1n) is 8.77. The van der Waals surface area contributed by atoms with E-state index in [1.54, 1.807) is 31.4 Å². The first-order valence-corrected chi connectivity index (χ1v) is 8.77. The van der Waals surface area contributed by atoms with Gasteiger partial charge in [-0.3, -0.25) is 0 Å². The van der Waals surface area contributed by atoms with E-state index in [0.717, 1.165) is 35.1 Å². The van der Waals surface area contributed by atoms with Crippen molar-refractivity contribution >= 4 is 0 Å². The van der Waals surface area contributed by atoms with E-state index in [0.29, 0.717) is 17.5 Å². The molecule has 3 aromatic carbocycles. The molecule has 29 heavy (non-hydrogen) atoms. The van der Waals surface area contributed by atoms with Gasteiger partial charge in [0.1, 0.15) is 29.7 Å². The van der Waals surface area contributed by atoms with E-state index in [2.05, 4.69) is 10.1 Å². The van der Waals surface area contributed by atoms with Crippen molar-refractivity contribution in [2.75, 3.05) is 7.11 Å². The Kier molecular flexibility index (Phi) is 5.20. The lowest BCUT2D eigenvalue weighted by Crippen LogP contribution is -1.99. The normalized spacial score (nSPS) is 10.7. The summed E-state index contributed by atoms with van der Waals surface area (Å²) in [5.41, 5.74) is 1.66. The first kappa shape index (κ1) is 18.6. The van der Waals surface area contributed by atoms with E-state index in [4.69, 9.17) is 14.0 Å². The minimum absolute atomic E-state index is 0.0766. The summed E-state index contributed by atoms with van der Waals surface area (Å²) < 4.78 is 42.9. The quantitative estimate of drug-likeness (QED) is 0.446. The molecule has 4 rings (SSSR count). The monoisotopic (exact) mass is 394 g/mol. The van der Waals surface area contributed by atoms with E-state index < -0.39 is 11.6 Å². The minimum atomic E-state index is -0.513. The van der Waals surface area contributed by atoms with E-state index in [-0.39, 0.29) is 12.2 Å². The number of halogens is 2. The van der Waals surface area contributed by atoms with E-state index in [9.17, 15) is 8.78 Å². The molecule has 0 spiro atoms. The average molecular weight is 394 g/mol. The zero-order chi connectivity index (χ0) is 20.2. The Labute approximate surface area is 165 Å². The number of hydrogen-bond acceptors (Lipinski definition) is 5. The van der Waals surface area contributed by atoms with Gasteiger partial charge in [-0.1, -0.05) is 5.16 Å². The highest BCUT2D eigenvalue weighted by atomic mass is 19.1. The highest BCUT2D eigenvalue weighted by molar-refractivity contribution is 5.60. The van der Waals surface area contributed by atoms with Gasteiger partial charge in [-0.25, -0.2) is 8.78 Å². The van der Waals surface area contributed by atoms with Crippen LogP contribution in [-0.4, -0.2) is 17.3 Å². The van der Waals surface area contributed by atoms with Crippen molar-refractivity contribution in [1.82, 2.24) is 10.1 Å². The molecule has 146 valence electrons. The largest absolute Gasteiger partial charge is 0.497 e. The smallest absolute Gasteiger partial charge is 0.258 e. The van der Waals surface area contributed by atoms with Crippen LogP contribution in [0.2, 0.25) is 0 Å². The zero-order valence-corrected chi connectivity index (χ0v) is 15.4. The van der Waals surface area contributed by atoms with Crippen LogP contribution >= 0.6 is 0 Å². The summed E-state index contributed by atoms with van der Waals surface area (Å²) in [6.07, 6.45) is 0. The highest BCUT2D eigenvalue weighted by Crippen LogP contribution is 2.25. The fourth-order valence-electron chi connectivity index (χ4n) is 2.71. The molecule has 0 N–H and O–H groups in total. The van der Waals surface area contributed by atoms with E-state index >= 15 is 0 Å². The number of methoxy groups -OCH3 is 1. The maximum Gasteiger partial charge on any atom is 0.258 e. The van der Waals surface area contributed by atoms with Gasteiger partial charge < -0.3 is 14.0 Å². The summed E-state index contributed by atoms with van der Waals surface area (Å²) in [6.45, 7) is -0.0766. The van der Waals surface area contributed by atoms with Gasteiger partial charge in [0.25, 0.3) is 5.89 Å². The lowest BCUT2D eigenvalue weighted by Gasteiger charge is -2.07. The third-order valence-corrected chi connectivity index (χ3v) is 4.28. The molecule has 0 aliphatic carbocycles. The van der Waals surface area contributed by atoms with Crippen LogP contribution in [-0.2, 0) is 6.61 Å². The Morgan fingerprint density at radius 1 is 0.862 bits per heavy atom. The van der Waals surface area contributed by atoms with Crippen LogP contribution in [0.15, 0.2) is 71.3 Å². The number of hydrogen-bond donors (Lipinski definition) is 0. The first-order chi connectivity index (χ1) is 14.1. The van der Waals surface area contributed by atoms with Crippen molar-refractivity contribution in [3.63, 3.8) is 0 Å².